The number of fused-ring (bicyclic) bond motifs is 2. The summed E-state index contributed by atoms with van der Waals surface area (Å²) in [6.45, 7) is -1.20. The summed E-state index contributed by atoms with van der Waals surface area (Å²) in [7, 11) is 1.49. The Balaban J connectivity index is 2.22. The first kappa shape index (κ1) is 16.3. The number of pyridine rings is 1. The summed E-state index contributed by atoms with van der Waals surface area (Å²) in [6.07, 6.45) is -4.42. The van der Waals surface area contributed by atoms with Crippen molar-refractivity contribution in [3.63, 3.8) is 0 Å². The molecule has 3 rings (SSSR count). The molecule has 0 unspecified atom stereocenters. The van der Waals surface area contributed by atoms with Crippen molar-refractivity contribution >= 4 is 27.5 Å². The van der Waals surface area contributed by atoms with Crippen LogP contribution in [-0.4, -0.2) is 19.9 Å². The van der Waals surface area contributed by atoms with Crippen LogP contribution >= 0.6 is 0 Å². The molecule has 0 atom stereocenters. The summed E-state index contributed by atoms with van der Waals surface area (Å²) in [6, 6.07) is 10.8. The van der Waals surface area contributed by atoms with Crippen LogP contribution < -0.4 is 15.5 Å². The van der Waals surface area contributed by atoms with Gasteiger partial charge in [0.25, 0.3) is 5.52 Å². The van der Waals surface area contributed by atoms with E-state index in [4.69, 9.17) is 15.2 Å². The van der Waals surface area contributed by atoms with Crippen molar-refractivity contribution in [1.82, 2.24) is 0 Å². The van der Waals surface area contributed by atoms with Crippen LogP contribution in [0.1, 0.15) is 5.56 Å². The summed E-state index contributed by atoms with van der Waals surface area (Å²) >= 11 is 0. The number of benzene rings is 2. The van der Waals surface area contributed by atoms with Gasteiger partial charge in [0, 0.05) is 24.1 Å². The predicted molar refractivity (Wildman–Crippen MR) is 84.7 cm³/mol. The molecule has 0 aliphatic heterocycles. The molecule has 3 aromatic rings. The van der Waals surface area contributed by atoms with Gasteiger partial charge in [0.15, 0.2) is 12.4 Å². The molecule has 0 aliphatic carbocycles. The SMILES string of the molecule is COCc1cc(OCC(F)(F)F)c2[nH+]c3ccccc3cc2c1N. The Morgan fingerprint density at radius 3 is 2.62 bits per heavy atom. The van der Waals surface area contributed by atoms with Gasteiger partial charge in [-0.2, -0.15) is 13.2 Å². The Bertz CT molecular complexity index is 894. The normalized spacial score (nSPS) is 12.0. The molecule has 0 fully saturated rings. The van der Waals surface area contributed by atoms with Crippen molar-refractivity contribution in [3.05, 3.63) is 42.0 Å². The molecule has 0 saturated carbocycles. The van der Waals surface area contributed by atoms with Crippen molar-refractivity contribution in [1.29, 1.82) is 0 Å². The second-order valence-corrected chi connectivity index (χ2v) is 5.43. The highest BCUT2D eigenvalue weighted by Crippen LogP contribution is 2.33. The number of aromatic nitrogens is 1. The smallest absolute Gasteiger partial charge is 0.422 e. The van der Waals surface area contributed by atoms with Crippen LogP contribution in [-0.2, 0) is 11.3 Å². The number of alkyl halides is 3. The molecule has 7 heteroatoms. The van der Waals surface area contributed by atoms with Crippen molar-refractivity contribution in [3.8, 4) is 5.75 Å². The molecular formula is C17H16F3N2O2+. The van der Waals surface area contributed by atoms with Gasteiger partial charge >= 0.3 is 6.18 Å². The fourth-order valence-corrected chi connectivity index (χ4v) is 2.60. The van der Waals surface area contributed by atoms with Crippen molar-refractivity contribution in [2.45, 2.75) is 12.8 Å². The largest absolute Gasteiger partial charge is 0.477 e. The highest BCUT2D eigenvalue weighted by Gasteiger charge is 2.30. The van der Waals surface area contributed by atoms with E-state index < -0.39 is 12.8 Å². The summed E-state index contributed by atoms with van der Waals surface area (Å²) < 4.78 is 47.7. The first-order chi connectivity index (χ1) is 11.4. The van der Waals surface area contributed by atoms with Gasteiger partial charge < -0.3 is 15.2 Å². The Morgan fingerprint density at radius 2 is 1.92 bits per heavy atom. The van der Waals surface area contributed by atoms with Gasteiger partial charge in [0.2, 0.25) is 5.52 Å². The van der Waals surface area contributed by atoms with Gasteiger partial charge in [-0.1, -0.05) is 12.1 Å². The van der Waals surface area contributed by atoms with E-state index in [1.807, 2.05) is 30.3 Å². The number of hydrogen-bond acceptors (Lipinski definition) is 3. The summed E-state index contributed by atoms with van der Waals surface area (Å²) in [5.74, 6) is 0.0920. The number of hydrogen-bond donors (Lipinski definition) is 1. The molecule has 0 bridgehead atoms. The molecule has 24 heavy (non-hydrogen) atoms. The lowest BCUT2D eigenvalue weighted by molar-refractivity contribution is -0.311. The van der Waals surface area contributed by atoms with Crippen molar-refractivity contribution in [2.24, 2.45) is 0 Å². The predicted octanol–water partition coefficient (Wildman–Crippen LogP) is 3.48. The first-order valence-corrected chi connectivity index (χ1v) is 7.23. The number of methoxy groups -OCH3 is 1. The quantitative estimate of drug-likeness (QED) is 0.586. The zero-order valence-corrected chi connectivity index (χ0v) is 12.9. The van der Waals surface area contributed by atoms with Gasteiger partial charge in [-0.25, -0.2) is 4.98 Å². The minimum absolute atomic E-state index is 0.0920. The highest BCUT2D eigenvalue weighted by molar-refractivity contribution is 5.99. The van der Waals surface area contributed by atoms with Crippen LogP contribution in [0.25, 0.3) is 21.8 Å². The number of nitrogens with one attached hydrogen (secondary N) is 1. The van der Waals surface area contributed by atoms with Crippen LogP contribution in [0.3, 0.4) is 0 Å². The third-order valence-corrected chi connectivity index (χ3v) is 3.67. The summed E-state index contributed by atoms with van der Waals surface area (Å²) in [4.78, 5) is 3.11. The van der Waals surface area contributed by atoms with Gasteiger partial charge in [-0.3, -0.25) is 0 Å². The molecule has 0 spiro atoms. The maximum absolute atomic E-state index is 12.5. The minimum atomic E-state index is -4.42. The number of halogens is 3. The standard InChI is InChI=1S/C17H15F3N2O2/c1-23-8-11-7-14(24-9-17(18,19)20)16-12(15(11)21)6-10-4-2-3-5-13(10)22-16/h2-7H,8-9,21H2,1H3/p+1. The number of H-pyrrole nitrogens is 1. The van der Waals surface area contributed by atoms with Crippen LogP contribution in [0.5, 0.6) is 5.75 Å². The van der Waals surface area contributed by atoms with Crippen LogP contribution in [0.15, 0.2) is 36.4 Å². The molecule has 2 aromatic carbocycles. The van der Waals surface area contributed by atoms with E-state index in [1.54, 1.807) is 0 Å². The maximum atomic E-state index is 12.5. The monoisotopic (exact) mass is 337 g/mol. The average Bonchev–Trinajstić information content (AvgIpc) is 2.54. The molecule has 3 N–H and O–H groups in total. The number of ether oxygens (including phenoxy) is 2. The number of para-hydroxylation sites is 1. The third-order valence-electron chi connectivity index (χ3n) is 3.67. The lowest BCUT2D eigenvalue weighted by Crippen LogP contribution is -2.20. The van der Waals surface area contributed by atoms with E-state index in [0.717, 1.165) is 10.9 Å². The van der Waals surface area contributed by atoms with Crippen molar-refractivity contribution < 1.29 is 27.6 Å². The van der Waals surface area contributed by atoms with Crippen LogP contribution in [0, 0.1) is 0 Å². The zero-order chi connectivity index (χ0) is 17.3. The third kappa shape index (κ3) is 3.21. The Kier molecular flexibility index (Phi) is 4.19. The molecule has 0 radical (unpaired) electrons. The molecule has 0 saturated heterocycles. The Morgan fingerprint density at radius 1 is 1.17 bits per heavy atom. The van der Waals surface area contributed by atoms with E-state index in [0.29, 0.717) is 22.2 Å². The Hall–Kier alpha value is -2.54. The number of rotatable bonds is 4. The second kappa shape index (κ2) is 6.16. The Labute approximate surface area is 136 Å². The van der Waals surface area contributed by atoms with E-state index in [2.05, 4.69) is 4.98 Å². The molecule has 1 aromatic heterocycles. The average molecular weight is 337 g/mol. The molecule has 1 heterocycles. The highest BCUT2D eigenvalue weighted by atomic mass is 19.4. The van der Waals surface area contributed by atoms with Crippen molar-refractivity contribution in [2.75, 3.05) is 19.5 Å². The summed E-state index contributed by atoms with van der Waals surface area (Å²) in [5.41, 5.74) is 8.40. The molecule has 126 valence electrons. The molecule has 4 nitrogen and oxygen atoms in total. The van der Waals surface area contributed by atoms with Gasteiger partial charge in [-0.05, 0) is 18.2 Å². The van der Waals surface area contributed by atoms with E-state index in [9.17, 15) is 13.2 Å². The minimum Gasteiger partial charge on any atom is -0.477 e. The number of nitrogens with two attached hydrogens (primary N) is 1. The molecule has 0 amide bonds. The van der Waals surface area contributed by atoms with Gasteiger partial charge in [0.05, 0.1) is 17.7 Å². The van der Waals surface area contributed by atoms with E-state index in [1.165, 1.54) is 13.2 Å². The van der Waals surface area contributed by atoms with E-state index in [-0.39, 0.29) is 12.4 Å². The number of aromatic amines is 1. The zero-order valence-electron chi connectivity index (χ0n) is 12.9. The molecular weight excluding hydrogens is 321 g/mol. The summed E-state index contributed by atoms with van der Waals surface area (Å²) in [5, 5.41) is 1.49. The fourth-order valence-electron chi connectivity index (χ4n) is 2.60. The first-order valence-electron chi connectivity index (χ1n) is 7.23. The number of nitrogen functional groups attached to an aromatic ring is 1. The maximum Gasteiger partial charge on any atom is 0.422 e. The molecule has 0 aliphatic rings. The van der Waals surface area contributed by atoms with E-state index >= 15 is 0 Å². The van der Waals surface area contributed by atoms with Crippen LogP contribution in [0.2, 0.25) is 0 Å². The lowest BCUT2D eigenvalue weighted by atomic mass is 10.0. The fraction of sp³-hybridized carbons (Fsp3) is 0.235. The van der Waals surface area contributed by atoms with Gasteiger partial charge in [-0.15, -0.1) is 0 Å². The number of anilines is 1. The lowest BCUT2D eigenvalue weighted by Gasteiger charge is -2.13. The topological polar surface area (TPSA) is 58.6 Å². The van der Waals surface area contributed by atoms with Gasteiger partial charge in [0.1, 0.15) is 0 Å². The second-order valence-electron chi connectivity index (χ2n) is 5.43. The van der Waals surface area contributed by atoms with Crippen LogP contribution in [0.4, 0.5) is 18.9 Å².